The summed E-state index contributed by atoms with van der Waals surface area (Å²) >= 11 is 0. The van der Waals surface area contributed by atoms with Crippen LogP contribution < -0.4 is 15.5 Å². The SMILES string of the molecule is Bc1ccc(C(=O)OC)c(NC(=O)c2cc(C3CCN(C)CC3)ccc2OCCCC)c1. The third kappa shape index (κ3) is 5.91. The van der Waals surface area contributed by atoms with E-state index in [0.717, 1.165) is 49.8 Å². The van der Waals surface area contributed by atoms with E-state index in [2.05, 4.69) is 30.3 Å². The van der Waals surface area contributed by atoms with Crippen molar-refractivity contribution in [1.29, 1.82) is 0 Å². The number of methoxy groups -OCH3 is 1. The number of hydrogen-bond donors (Lipinski definition) is 1. The van der Waals surface area contributed by atoms with Gasteiger partial charge in [-0.25, -0.2) is 4.79 Å². The highest BCUT2D eigenvalue weighted by molar-refractivity contribution is 6.33. The molecule has 0 bridgehead atoms. The van der Waals surface area contributed by atoms with Gasteiger partial charge in [-0.15, -0.1) is 0 Å². The molecule has 0 radical (unpaired) electrons. The summed E-state index contributed by atoms with van der Waals surface area (Å²) < 4.78 is 10.8. The molecular formula is C25H33BN2O4. The Hall–Kier alpha value is -2.80. The lowest BCUT2D eigenvalue weighted by Crippen LogP contribution is -2.29. The van der Waals surface area contributed by atoms with Gasteiger partial charge in [0.05, 0.1) is 30.5 Å². The molecule has 1 aliphatic rings. The first-order valence-corrected chi connectivity index (χ1v) is 11.4. The first-order chi connectivity index (χ1) is 15.4. The number of likely N-dealkylation sites (tertiary alicyclic amines) is 1. The van der Waals surface area contributed by atoms with Crippen LogP contribution >= 0.6 is 0 Å². The highest BCUT2D eigenvalue weighted by atomic mass is 16.5. The Labute approximate surface area is 191 Å². The highest BCUT2D eigenvalue weighted by Gasteiger charge is 2.22. The van der Waals surface area contributed by atoms with Crippen molar-refractivity contribution in [2.45, 2.75) is 38.5 Å². The van der Waals surface area contributed by atoms with Crippen LogP contribution in [0.15, 0.2) is 36.4 Å². The van der Waals surface area contributed by atoms with Crippen LogP contribution in [0, 0.1) is 0 Å². The summed E-state index contributed by atoms with van der Waals surface area (Å²) in [6, 6.07) is 11.2. The van der Waals surface area contributed by atoms with Crippen molar-refractivity contribution in [3.05, 3.63) is 53.1 Å². The third-order valence-electron chi connectivity index (χ3n) is 6.02. The van der Waals surface area contributed by atoms with Crippen LogP contribution in [0.1, 0.15) is 64.8 Å². The first kappa shape index (κ1) is 23.9. The summed E-state index contributed by atoms with van der Waals surface area (Å²) in [4.78, 5) is 27.9. The summed E-state index contributed by atoms with van der Waals surface area (Å²) in [5.41, 5.74) is 3.35. The average molecular weight is 436 g/mol. The van der Waals surface area contributed by atoms with Gasteiger partial charge in [-0.05, 0) is 75.1 Å². The van der Waals surface area contributed by atoms with Crippen LogP contribution in [0.3, 0.4) is 0 Å². The van der Waals surface area contributed by atoms with Crippen molar-refractivity contribution in [3.8, 4) is 5.75 Å². The predicted molar refractivity (Wildman–Crippen MR) is 130 cm³/mol. The quantitative estimate of drug-likeness (QED) is 0.392. The molecule has 3 rings (SSSR count). The van der Waals surface area contributed by atoms with Gasteiger partial charge in [-0.1, -0.05) is 30.9 Å². The summed E-state index contributed by atoms with van der Waals surface area (Å²) in [6.45, 7) is 4.76. The molecule has 2 aromatic carbocycles. The minimum Gasteiger partial charge on any atom is -0.493 e. The molecule has 0 aromatic heterocycles. The topological polar surface area (TPSA) is 67.9 Å². The van der Waals surface area contributed by atoms with Gasteiger partial charge in [0.1, 0.15) is 13.6 Å². The number of anilines is 1. The number of carbonyl (C=O) groups is 2. The molecule has 1 aliphatic heterocycles. The molecule has 1 amide bonds. The molecule has 170 valence electrons. The average Bonchev–Trinajstić information content (AvgIpc) is 2.79. The maximum Gasteiger partial charge on any atom is 0.339 e. The van der Waals surface area contributed by atoms with E-state index in [1.54, 1.807) is 12.1 Å². The zero-order chi connectivity index (χ0) is 23.1. The minimum atomic E-state index is -0.486. The van der Waals surface area contributed by atoms with Crippen molar-refractivity contribution in [2.24, 2.45) is 0 Å². The van der Waals surface area contributed by atoms with Crippen molar-refractivity contribution in [1.82, 2.24) is 4.90 Å². The number of ether oxygens (including phenoxy) is 2. The molecular weight excluding hydrogens is 403 g/mol. The standard InChI is InChI=1S/C25H33BN2O4/c1-4-5-14-32-23-9-6-18(17-10-12-28(2)13-11-17)15-21(23)24(29)27-22-16-19(26)7-8-20(22)25(30)31-3/h6-9,15-17H,4-5,10-14,26H2,1-3H3,(H,27,29). The van der Waals surface area contributed by atoms with Gasteiger partial charge in [0.15, 0.2) is 0 Å². The van der Waals surface area contributed by atoms with Crippen LogP contribution in [0.25, 0.3) is 0 Å². The van der Waals surface area contributed by atoms with Gasteiger partial charge in [0.2, 0.25) is 0 Å². The maximum absolute atomic E-state index is 13.4. The van der Waals surface area contributed by atoms with Crippen LogP contribution in [0.4, 0.5) is 5.69 Å². The molecule has 0 saturated carbocycles. The molecule has 32 heavy (non-hydrogen) atoms. The molecule has 0 unspecified atom stereocenters. The van der Waals surface area contributed by atoms with Crippen LogP contribution in [0.2, 0.25) is 0 Å². The van der Waals surface area contributed by atoms with Gasteiger partial charge in [-0.3, -0.25) is 4.79 Å². The number of esters is 1. The number of amides is 1. The number of carbonyl (C=O) groups excluding carboxylic acids is 2. The van der Waals surface area contributed by atoms with E-state index in [1.807, 2.05) is 26.0 Å². The smallest absolute Gasteiger partial charge is 0.339 e. The Kier molecular flexibility index (Phi) is 8.34. The van der Waals surface area contributed by atoms with Crippen molar-refractivity contribution >= 4 is 30.9 Å². The number of rotatable bonds is 8. The zero-order valence-electron chi connectivity index (χ0n) is 19.6. The molecule has 0 aliphatic carbocycles. The van der Waals surface area contributed by atoms with Crippen LogP contribution in [-0.4, -0.2) is 58.5 Å². The van der Waals surface area contributed by atoms with Gasteiger partial charge in [0, 0.05) is 0 Å². The van der Waals surface area contributed by atoms with E-state index >= 15 is 0 Å². The number of benzene rings is 2. The molecule has 1 fully saturated rings. The summed E-state index contributed by atoms with van der Waals surface area (Å²) in [5, 5.41) is 2.92. The van der Waals surface area contributed by atoms with E-state index in [-0.39, 0.29) is 5.91 Å². The predicted octanol–water partition coefficient (Wildman–Crippen LogP) is 2.97. The number of hydrogen-bond acceptors (Lipinski definition) is 5. The molecule has 7 heteroatoms. The van der Waals surface area contributed by atoms with Gasteiger partial charge in [0.25, 0.3) is 5.91 Å². The second kappa shape index (κ2) is 11.2. The fourth-order valence-corrected chi connectivity index (χ4v) is 4.01. The molecule has 6 nitrogen and oxygen atoms in total. The number of nitrogens with one attached hydrogen (secondary N) is 1. The number of nitrogens with zero attached hydrogens (tertiary/aromatic N) is 1. The Morgan fingerprint density at radius 1 is 1.12 bits per heavy atom. The number of unbranched alkanes of at least 4 members (excludes halogenated alkanes) is 1. The van der Waals surface area contributed by atoms with Gasteiger partial charge < -0.3 is 19.7 Å². The Balaban J connectivity index is 1.91. The van der Waals surface area contributed by atoms with Crippen LogP contribution in [0.5, 0.6) is 5.75 Å². The molecule has 0 atom stereocenters. The van der Waals surface area contributed by atoms with E-state index < -0.39 is 5.97 Å². The normalized spacial score (nSPS) is 14.7. The van der Waals surface area contributed by atoms with E-state index in [4.69, 9.17) is 9.47 Å². The molecule has 1 N–H and O–H groups in total. The van der Waals surface area contributed by atoms with E-state index in [9.17, 15) is 9.59 Å². The van der Waals surface area contributed by atoms with E-state index in [0.29, 0.717) is 35.1 Å². The summed E-state index contributed by atoms with van der Waals surface area (Å²) in [7, 11) is 5.38. The van der Waals surface area contributed by atoms with Crippen molar-refractivity contribution < 1.29 is 19.1 Å². The maximum atomic E-state index is 13.4. The summed E-state index contributed by atoms with van der Waals surface area (Å²) in [6.07, 6.45) is 4.07. The van der Waals surface area contributed by atoms with Crippen LogP contribution in [-0.2, 0) is 4.74 Å². The van der Waals surface area contributed by atoms with Gasteiger partial charge >= 0.3 is 5.97 Å². The van der Waals surface area contributed by atoms with Gasteiger partial charge in [-0.2, -0.15) is 0 Å². The Morgan fingerprint density at radius 2 is 1.88 bits per heavy atom. The second-order valence-corrected chi connectivity index (χ2v) is 8.53. The lowest BCUT2D eigenvalue weighted by atomic mass is 9.88. The molecule has 0 spiro atoms. The first-order valence-electron chi connectivity index (χ1n) is 11.4. The Morgan fingerprint density at radius 3 is 2.56 bits per heavy atom. The summed E-state index contributed by atoms with van der Waals surface area (Å²) in [5.74, 6) is 0.216. The minimum absolute atomic E-state index is 0.290. The van der Waals surface area contributed by atoms with Crippen molar-refractivity contribution in [3.63, 3.8) is 0 Å². The fraction of sp³-hybridized carbons (Fsp3) is 0.440. The largest absolute Gasteiger partial charge is 0.493 e. The fourth-order valence-electron chi connectivity index (χ4n) is 4.01. The highest BCUT2D eigenvalue weighted by Crippen LogP contribution is 2.32. The number of piperidine rings is 1. The molecule has 2 aromatic rings. The molecule has 1 saturated heterocycles. The molecule has 1 heterocycles. The van der Waals surface area contributed by atoms with E-state index in [1.165, 1.54) is 7.11 Å². The van der Waals surface area contributed by atoms with Crippen molar-refractivity contribution in [2.75, 3.05) is 39.2 Å². The zero-order valence-corrected chi connectivity index (χ0v) is 19.6. The second-order valence-electron chi connectivity index (χ2n) is 8.53. The monoisotopic (exact) mass is 436 g/mol. The lowest BCUT2D eigenvalue weighted by Gasteiger charge is -2.29. The Bertz CT molecular complexity index is 955. The third-order valence-corrected chi connectivity index (χ3v) is 6.02. The lowest BCUT2D eigenvalue weighted by molar-refractivity contribution is 0.0602.